The molecule has 1 atom stereocenters. The van der Waals surface area contributed by atoms with Crippen LogP contribution >= 0.6 is 0 Å². The fourth-order valence-corrected chi connectivity index (χ4v) is 2.40. The molecule has 3 rings (SSSR count). The molecule has 0 aliphatic rings. The molecule has 1 heterocycles. The molecule has 0 radical (unpaired) electrons. The van der Waals surface area contributed by atoms with Gasteiger partial charge in [-0.25, -0.2) is 14.4 Å². The Kier molecular flexibility index (Phi) is 4.82. The maximum Gasteiger partial charge on any atom is 0.130 e. The van der Waals surface area contributed by atoms with Crippen molar-refractivity contribution < 1.29 is 4.39 Å². The molecule has 0 spiro atoms. The summed E-state index contributed by atoms with van der Waals surface area (Å²) >= 11 is 0. The summed E-state index contributed by atoms with van der Waals surface area (Å²) in [5, 5.41) is 3.21. The van der Waals surface area contributed by atoms with E-state index in [1.54, 1.807) is 19.1 Å². The van der Waals surface area contributed by atoms with E-state index in [2.05, 4.69) is 15.3 Å². The van der Waals surface area contributed by atoms with Gasteiger partial charge >= 0.3 is 0 Å². The van der Waals surface area contributed by atoms with Crippen molar-refractivity contribution in [1.29, 1.82) is 0 Å². The predicted octanol–water partition coefficient (Wildman–Crippen LogP) is 3.70. The second kappa shape index (κ2) is 7.19. The molecule has 24 heavy (non-hydrogen) atoms. The zero-order chi connectivity index (χ0) is 16.9. The van der Waals surface area contributed by atoms with Crippen molar-refractivity contribution in [2.45, 2.75) is 13.0 Å². The first-order valence-corrected chi connectivity index (χ1v) is 7.76. The third-order valence-corrected chi connectivity index (χ3v) is 3.87. The van der Waals surface area contributed by atoms with Crippen LogP contribution in [0.25, 0.3) is 11.3 Å². The van der Waals surface area contributed by atoms with Crippen LogP contribution in [0.2, 0.25) is 0 Å². The molecule has 3 N–H and O–H groups in total. The number of rotatable bonds is 5. The van der Waals surface area contributed by atoms with Gasteiger partial charge in [0.05, 0.1) is 5.69 Å². The highest BCUT2D eigenvalue weighted by Gasteiger charge is 2.08. The number of aryl methyl sites for hydroxylation is 1. The number of halogens is 1. The molecule has 2 aromatic carbocycles. The van der Waals surface area contributed by atoms with E-state index >= 15 is 0 Å². The Bertz CT molecular complexity index is 821. The number of aromatic nitrogens is 2. The zero-order valence-corrected chi connectivity index (χ0v) is 13.4. The molecular formula is C19H19FN4. The first-order chi connectivity index (χ1) is 11.6. The molecule has 5 heteroatoms. The van der Waals surface area contributed by atoms with E-state index in [1.807, 2.05) is 36.4 Å². The summed E-state index contributed by atoms with van der Waals surface area (Å²) in [6, 6.07) is 16.6. The molecule has 122 valence electrons. The van der Waals surface area contributed by atoms with E-state index in [-0.39, 0.29) is 11.9 Å². The first kappa shape index (κ1) is 16.1. The van der Waals surface area contributed by atoms with Gasteiger partial charge in [0, 0.05) is 24.2 Å². The Morgan fingerprint density at radius 1 is 1.08 bits per heavy atom. The van der Waals surface area contributed by atoms with Crippen LogP contribution in [-0.2, 0) is 0 Å². The van der Waals surface area contributed by atoms with Crippen molar-refractivity contribution in [2.75, 3.05) is 11.9 Å². The number of nitrogens with zero attached hydrogens (tertiary/aromatic N) is 2. The SMILES string of the molecule is Cc1ccc(-c2cc(NC[C@H](N)c3ccccc3)ncn2)cc1F. The monoisotopic (exact) mass is 322 g/mol. The molecule has 0 unspecified atom stereocenters. The van der Waals surface area contributed by atoms with E-state index in [9.17, 15) is 4.39 Å². The van der Waals surface area contributed by atoms with Crippen LogP contribution in [-0.4, -0.2) is 16.5 Å². The van der Waals surface area contributed by atoms with E-state index in [1.165, 1.54) is 12.4 Å². The number of hydrogen-bond acceptors (Lipinski definition) is 4. The van der Waals surface area contributed by atoms with Crippen molar-refractivity contribution in [3.8, 4) is 11.3 Å². The highest BCUT2D eigenvalue weighted by molar-refractivity contribution is 5.62. The Labute approximate surface area is 140 Å². The Morgan fingerprint density at radius 3 is 2.62 bits per heavy atom. The Balaban J connectivity index is 1.72. The van der Waals surface area contributed by atoms with E-state index in [0.717, 1.165) is 11.1 Å². The summed E-state index contributed by atoms with van der Waals surface area (Å²) in [5.74, 6) is 0.416. The summed E-state index contributed by atoms with van der Waals surface area (Å²) < 4.78 is 13.7. The molecule has 4 nitrogen and oxygen atoms in total. The number of nitrogens with two attached hydrogens (primary N) is 1. The van der Waals surface area contributed by atoms with Crippen molar-refractivity contribution in [3.63, 3.8) is 0 Å². The van der Waals surface area contributed by atoms with Crippen LogP contribution < -0.4 is 11.1 Å². The third-order valence-electron chi connectivity index (χ3n) is 3.87. The normalized spacial score (nSPS) is 12.0. The molecule has 0 bridgehead atoms. The van der Waals surface area contributed by atoms with Gasteiger partial charge in [0.25, 0.3) is 0 Å². The van der Waals surface area contributed by atoms with E-state index in [0.29, 0.717) is 23.6 Å². The number of nitrogens with one attached hydrogen (secondary N) is 1. The lowest BCUT2D eigenvalue weighted by Crippen LogP contribution is -2.20. The molecule has 0 aliphatic heterocycles. The van der Waals surface area contributed by atoms with Gasteiger partial charge in [-0.1, -0.05) is 42.5 Å². The van der Waals surface area contributed by atoms with E-state index in [4.69, 9.17) is 5.73 Å². The Hall–Kier alpha value is -2.79. The maximum atomic E-state index is 13.7. The van der Waals surface area contributed by atoms with Gasteiger partial charge in [0.2, 0.25) is 0 Å². The zero-order valence-electron chi connectivity index (χ0n) is 13.4. The van der Waals surface area contributed by atoms with Crippen molar-refractivity contribution in [1.82, 2.24) is 9.97 Å². The van der Waals surface area contributed by atoms with Gasteiger partial charge in [-0.15, -0.1) is 0 Å². The fourth-order valence-electron chi connectivity index (χ4n) is 2.40. The topological polar surface area (TPSA) is 63.8 Å². The summed E-state index contributed by atoms with van der Waals surface area (Å²) in [6.07, 6.45) is 1.46. The van der Waals surface area contributed by atoms with Gasteiger partial charge in [0.15, 0.2) is 0 Å². The summed E-state index contributed by atoms with van der Waals surface area (Å²) in [6.45, 7) is 2.28. The minimum Gasteiger partial charge on any atom is -0.368 e. The van der Waals surface area contributed by atoms with Gasteiger partial charge in [-0.3, -0.25) is 0 Å². The standard InChI is InChI=1S/C19H19FN4/c1-13-7-8-15(9-16(13)20)18-10-19(24-12-23-18)22-11-17(21)14-5-3-2-4-6-14/h2-10,12,17H,11,21H2,1H3,(H,22,23,24)/t17-/m0/s1. The third kappa shape index (κ3) is 3.75. The minimum atomic E-state index is -0.244. The lowest BCUT2D eigenvalue weighted by Gasteiger charge is -2.14. The average Bonchev–Trinajstić information content (AvgIpc) is 2.63. The molecule has 0 aliphatic carbocycles. The van der Waals surface area contributed by atoms with Crippen LogP contribution in [0, 0.1) is 12.7 Å². The minimum absolute atomic E-state index is 0.138. The quantitative estimate of drug-likeness (QED) is 0.752. The van der Waals surface area contributed by atoms with Crippen LogP contribution in [0.4, 0.5) is 10.2 Å². The number of hydrogen-bond donors (Lipinski definition) is 2. The molecule has 3 aromatic rings. The number of benzene rings is 2. The van der Waals surface area contributed by atoms with Gasteiger partial charge in [0.1, 0.15) is 18.0 Å². The molecule has 1 aromatic heterocycles. The Morgan fingerprint density at radius 2 is 1.88 bits per heavy atom. The summed E-state index contributed by atoms with van der Waals surface area (Å²) in [4.78, 5) is 8.42. The van der Waals surface area contributed by atoms with Gasteiger partial charge in [-0.05, 0) is 24.1 Å². The van der Waals surface area contributed by atoms with Crippen molar-refractivity contribution >= 4 is 5.82 Å². The van der Waals surface area contributed by atoms with Crippen LogP contribution in [0.1, 0.15) is 17.2 Å². The maximum absolute atomic E-state index is 13.7. The van der Waals surface area contributed by atoms with Crippen LogP contribution in [0.3, 0.4) is 0 Å². The lowest BCUT2D eigenvalue weighted by molar-refractivity contribution is 0.619. The summed E-state index contributed by atoms with van der Waals surface area (Å²) in [7, 11) is 0. The number of anilines is 1. The van der Waals surface area contributed by atoms with E-state index < -0.39 is 0 Å². The molecule has 0 amide bonds. The summed E-state index contributed by atoms with van der Waals surface area (Å²) in [5.41, 5.74) is 9.22. The molecule has 0 saturated carbocycles. The molecule has 0 saturated heterocycles. The second-order valence-electron chi connectivity index (χ2n) is 5.65. The predicted molar refractivity (Wildman–Crippen MR) is 94.0 cm³/mol. The highest BCUT2D eigenvalue weighted by Crippen LogP contribution is 2.21. The smallest absolute Gasteiger partial charge is 0.130 e. The van der Waals surface area contributed by atoms with Crippen LogP contribution in [0.5, 0.6) is 0 Å². The van der Waals surface area contributed by atoms with Gasteiger partial charge < -0.3 is 11.1 Å². The van der Waals surface area contributed by atoms with Crippen molar-refractivity contribution in [3.05, 3.63) is 77.9 Å². The highest BCUT2D eigenvalue weighted by atomic mass is 19.1. The lowest BCUT2D eigenvalue weighted by atomic mass is 10.1. The average molecular weight is 322 g/mol. The fraction of sp³-hybridized carbons (Fsp3) is 0.158. The largest absolute Gasteiger partial charge is 0.368 e. The second-order valence-corrected chi connectivity index (χ2v) is 5.65. The molecular weight excluding hydrogens is 303 g/mol. The van der Waals surface area contributed by atoms with Gasteiger partial charge in [-0.2, -0.15) is 0 Å². The molecule has 0 fully saturated rings. The first-order valence-electron chi connectivity index (χ1n) is 7.76. The van der Waals surface area contributed by atoms with Crippen molar-refractivity contribution in [2.24, 2.45) is 5.73 Å². The van der Waals surface area contributed by atoms with Crippen LogP contribution in [0.15, 0.2) is 60.9 Å².